The molecule has 0 saturated heterocycles. The fourth-order valence-electron chi connectivity index (χ4n) is 2.01. The van der Waals surface area contributed by atoms with Crippen LogP contribution in [0, 0.1) is 10.1 Å². The quantitative estimate of drug-likeness (QED) is 0.427. The number of ether oxygens (including phenoxy) is 2. The lowest BCUT2D eigenvalue weighted by Crippen LogP contribution is -2.22. The third-order valence-electron chi connectivity index (χ3n) is 3.10. The zero-order valence-corrected chi connectivity index (χ0v) is 13.8. The van der Waals surface area contributed by atoms with Crippen LogP contribution < -0.4 is 10.1 Å². The second kappa shape index (κ2) is 7.42. The molecule has 12 heteroatoms. The van der Waals surface area contributed by atoms with E-state index in [2.05, 4.69) is 15.5 Å². The normalized spacial score (nSPS) is 10.4. The highest BCUT2D eigenvalue weighted by atomic mass is 16.6. The van der Waals surface area contributed by atoms with Gasteiger partial charge in [0.25, 0.3) is 0 Å². The van der Waals surface area contributed by atoms with E-state index in [1.807, 2.05) is 0 Å². The van der Waals surface area contributed by atoms with E-state index < -0.39 is 16.8 Å². The number of rotatable bonds is 7. The number of carbonyl (C=O) groups is 2. The number of esters is 1. The molecule has 2 heterocycles. The average Bonchev–Trinajstić information content (AvgIpc) is 3.12. The molecular formula is C13H16N6O6. The first-order valence-corrected chi connectivity index (χ1v) is 7.12. The summed E-state index contributed by atoms with van der Waals surface area (Å²) in [6.07, 6.45) is 2.35. The van der Waals surface area contributed by atoms with Crippen LogP contribution in [0.4, 0.5) is 11.5 Å². The van der Waals surface area contributed by atoms with Crippen LogP contribution in [0.2, 0.25) is 0 Å². The van der Waals surface area contributed by atoms with Crippen LogP contribution in [0.3, 0.4) is 0 Å². The van der Waals surface area contributed by atoms with Crippen molar-refractivity contribution in [3.63, 3.8) is 0 Å². The number of hydrogen-bond acceptors (Lipinski definition) is 8. The van der Waals surface area contributed by atoms with E-state index in [9.17, 15) is 19.7 Å². The van der Waals surface area contributed by atoms with Gasteiger partial charge in [-0.2, -0.15) is 5.10 Å². The maximum Gasteiger partial charge on any atom is 0.350 e. The molecule has 0 aromatic carbocycles. The molecular weight excluding hydrogens is 336 g/mol. The molecule has 2 aromatic heterocycles. The van der Waals surface area contributed by atoms with Crippen molar-refractivity contribution < 1.29 is 24.0 Å². The summed E-state index contributed by atoms with van der Waals surface area (Å²) < 4.78 is 12.0. The largest absolute Gasteiger partial charge is 0.475 e. The van der Waals surface area contributed by atoms with E-state index in [1.165, 1.54) is 18.0 Å². The smallest absolute Gasteiger partial charge is 0.350 e. The first kappa shape index (κ1) is 17.9. The summed E-state index contributed by atoms with van der Waals surface area (Å²) in [5.41, 5.74) is -0.259. The zero-order chi connectivity index (χ0) is 18.6. The van der Waals surface area contributed by atoms with Gasteiger partial charge in [-0.3, -0.25) is 24.3 Å². The van der Waals surface area contributed by atoms with E-state index in [-0.39, 0.29) is 36.1 Å². The van der Waals surface area contributed by atoms with Crippen molar-refractivity contribution >= 4 is 23.4 Å². The van der Waals surface area contributed by atoms with Crippen LogP contribution >= 0.6 is 0 Å². The Morgan fingerprint density at radius 2 is 2.16 bits per heavy atom. The molecule has 2 aromatic rings. The number of amides is 1. The number of hydrogen-bond donors (Lipinski definition) is 1. The van der Waals surface area contributed by atoms with Gasteiger partial charge in [0.1, 0.15) is 24.1 Å². The van der Waals surface area contributed by atoms with Crippen molar-refractivity contribution in [3.8, 4) is 5.88 Å². The Labute approximate surface area is 141 Å². The van der Waals surface area contributed by atoms with Crippen molar-refractivity contribution in [2.45, 2.75) is 13.5 Å². The molecule has 134 valence electrons. The molecule has 0 aliphatic rings. The molecule has 0 atom stereocenters. The Bertz CT molecular complexity index is 810. The standard InChI is InChI=1S/C13H16N6O6/c1-4-25-13(21)8-5-14-17(2)11(8)15-10(20)7-18-6-9(19(22)23)12(16-18)24-3/h5-6H,4,7H2,1-3H3,(H,15,20). The van der Waals surface area contributed by atoms with Crippen molar-refractivity contribution in [1.29, 1.82) is 0 Å². The first-order chi connectivity index (χ1) is 11.9. The summed E-state index contributed by atoms with van der Waals surface area (Å²) in [7, 11) is 2.78. The van der Waals surface area contributed by atoms with Gasteiger partial charge in [-0.25, -0.2) is 4.79 Å². The molecule has 0 aliphatic carbocycles. The van der Waals surface area contributed by atoms with Gasteiger partial charge in [-0.15, -0.1) is 5.10 Å². The van der Waals surface area contributed by atoms with Crippen LogP contribution in [0.1, 0.15) is 17.3 Å². The number of aryl methyl sites for hydroxylation is 1. The minimum Gasteiger partial charge on any atom is -0.475 e. The molecule has 0 unspecified atom stereocenters. The van der Waals surface area contributed by atoms with E-state index in [0.717, 1.165) is 10.9 Å². The Hall–Kier alpha value is -3.44. The molecule has 0 bridgehead atoms. The molecule has 0 radical (unpaired) electrons. The summed E-state index contributed by atoms with van der Waals surface area (Å²) >= 11 is 0. The van der Waals surface area contributed by atoms with Gasteiger partial charge in [-0.1, -0.05) is 0 Å². The number of anilines is 1. The molecule has 12 nitrogen and oxygen atoms in total. The summed E-state index contributed by atoms with van der Waals surface area (Å²) in [5.74, 6) is -1.24. The van der Waals surface area contributed by atoms with Crippen LogP contribution in [0.25, 0.3) is 0 Å². The van der Waals surface area contributed by atoms with Gasteiger partial charge in [0.2, 0.25) is 5.91 Å². The highest BCUT2D eigenvalue weighted by molar-refractivity contribution is 6.00. The topological polar surface area (TPSA) is 143 Å². The van der Waals surface area contributed by atoms with Crippen LogP contribution in [-0.2, 0) is 23.1 Å². The second-order valence-electron chi connectivity index (χ2n) is 4.78. The number of nitrogens with zero attached hydrogens (tertiary/aromatic N) is 5. The van der Waals surface area contributed by atoms with Crippen LogP contribution in [-0.4, -0.2) is 50.1 Å². The predicted molar refractivity (Wildman–Crippen MR) is 83.2 cm³/mol. The van der Waals surface area contributed by atoms with Gasteiger partial charge >= 0.3 is 17.5 Å². The number of nitrogens with one attached hydrogen (secondary N) is 1. The third-order valence-corrected chi connectivity index (χ3v) is 3.10. The third kappa shape index (κ3) is 3.91. The molecule has 0 spiro atoms. The highest BCUT2D eigenvalue weighted by Gasteiger charge is 2.23. The lowest BCUT2D eigenvalue weighted by Gasteiger charge is -2.08. The van der Waals surface area contributed by atoms with E-state index in [0.29, 0.717) is 0 Å². The van der Waals surface area contributed by atoms with Crippen molar-refractivity contribution in [2.75, 3.05) is 19.0 Å². The lowest BCUT2D eigenvalue weighted by atomic mass is 10.3. The van der Waals surface area contributed by atoms with Crippen molar-refractivity contribution in [3.05, 3.63) is 28.1 Å². The Balaban J connectivity index is 2.15. The van der Waals surface area contributed by atoms with Gasteiger partial charge in [0, 0.05) is 7.05 Å². The van der Waals surface area contributed by atoms with Crippen molar-refractivity contribution in [2.24, 2.45) is 7.05 Å². The Morgan fingerprint density at radius 3 is 2.72 bits per heavy atom. The fraction of sp³-hybridized carbons (Fsp3) is 0.385. The Kier molecular flexibility index (Phi) is 5.31. The molecule has 1 N–H and O–H groups in total. The molecule has 25 heavy (non-hydrogen) atoms. The van der Waals surface area contributed by atoms with Crippen LogP contribution in [0.15, 0.2) is 12.4 Å². The predicted octanol–water partition coefficient (Wildman–Crippen LogP) is 0.349. The molecule has 1 amide bonds. The highest BCUT2D eigenvalue weighted by Crippen LogP contribution is 2.24. The number of methoxy groups -OCH3 is 1. The number of carbonyl (C=O) groups excluding carboxylic acids is 2. The van der Waals surface area contributed by atoms with Gasteiger partial charge in [-0.05, 0) is 6.92 Å². The van der Waals surface area contributed by atoms with E-state index in [1.54, 1.807) is 14.0 Å². The maximum atomic E-state index is 12.2. The summed E-state index contributed by atoms with van der Waals surface area (Å²) in [5, 5.41) is 21.1. The SMILES string of the molecule is CCOC(=O)c1cnn(C)c1NC(=O)Cn1cc([N+](=O)[O-])c(OC)n1. The van der Waals surface area contributed by atoms with Gasteiger partial charge < -0.3 is 14.8 Å². The summed E-state index contributed by atoms with van der Waals surface area (Å²) in [6, 6.07) is 0. The average molecular weight is 352 g/mol. The lowest BCUT2D eigenvalue weighted by molar-refractivity contribution is -0.385. The molecule has 0 saturated carbocycles. The molecule has 0 fully saturated rings. The van der Waals surface area contributed by atoms with E-state index >= 15 is 0 Å². The minimum absolute atomic E-state index is 0.0988. The fourth-order valence-corrected chi connectivity index (χ4v) is 2.01. The zero-order valence-electron chi connectivity index (χ0n) is 13.8. The second-order valence-corrected chi connectivity index (χ2v) is 4.78. The molecule has 0 aliphatic heterocycles. The number of aromatic nitrogens is 4. The maximum absolute atomic E-state index is 12.2. The molecule has 2 rings (SSSR count). The van der Waals surface area contributed by atoms with E-state index in [4.69, 9.17) is 9.47 Å². The summed E-state index contributed by atoms with van der Waals surface area (Å²) in [4.78, 5) is 34.2. The van der Waals surface area contributed by atoms with Gasteiger partial charge in [0.05, 0.1) is 24.8 Å². The van der Waals surface area contributed by atoms with Crippen LogP contribution in [0.5, 0.6) is 5.88 Å². The van der Waals surface area contributed by atoms with Gasteiger partial charge in [0.15, 0.2) is 0 Å². The van der Waals surface area contributed by atoms with Crippen molar-refractivity contribution in [1.82, 2.24) is 19.6 Å². The minimum atomic E-state index is -0.666. The first-order valence-electron chi connectivity index (χ1n) is 7.12. The summed E-state index contributed by atoms with van der Waals surface area (Å²) in [6.45, 7) is 1.51. The monoisotopic (exact) mass is 352 g/mol. The number of nitro groups is 1. The Morgan fingerprint density at radius 1 is 1.44 bits per heavy atom.